The molecule has 6 nitrogen and oxygen atoms in total. The molecule has 0 aliphatic heterocycles. The normalized spacial score (nSPS) is 10.9. The number of rotatable bonds is 5. The molecule has 0 bridgehead atoms. The topological polar surface area (TPSA) is 73.0 Å². The highest BCUT2D eigenvalue weighted by Gasteiger charge is 2.12. The van der Waals surface area contributed by atoms with Gasteiger partial charge in [0, 0.05) is 23.5 Å². The number of ketones is 1. The summed E-state index contributed by atoms with van der Waals surface area (Å²) in [5, 5.41) is 13.4. The van der Waals surface area contributed by atoms with Crippen LogP contribution in [-0.4, -0.2) is 36.3 Å². The number of carbonyl (C=O) groups excluding carboxylic acids is 1. The van der Waals surface area contributed by atoms with E-state index in [0.717, 1.165) is 11.3 Å². The van der Waals surface area contributed by atoms with Crippen LogP contribution in [0.4, 0.5) is 0 Å². The molecule has 3 aromatic heterocycles. The summed E-state index contributed by atoms with van der Waals surface area (Å²) in [6, 6.07) is 16.8. The first-order valence-electron chi connectivity index (χ1n) is 7.65. The molecule has 0 saturated carbocycles. The predicted molar refractivity (Wildman–Crippen MR) is 95.5 cm³/mol. The number of hydrogen-bond donors (Lipinski definition) is 0. The summed E-state index contributed by atoms with van der Waals surface area (Å²) in [6.07, 6.45) is 3.45. The van der Waals surface area contributed by atoms with Gasteiger partial charge in [0.1, 0.15) is 0 Å². The third-order valence-corrected chi connectivity index (χ3v) is 4.56. The number of benzene rings is 1. The number of fused-ring (bicyclic) bond motifs is 1. The average molecular weight is 347 g/mol. The second-order valence-corrected chi connectivity index (χ2v) is 6.23. The van der Waals surface area contributed by atoms with Crippen molar-refractivity contribution in [2.45, 2.75) is 5.16 Å². The Morgan fingerprint density at radius 3 is 2.56 bits per heavy atom. The smallest absolute Gasteiger partial charge is 0.212 e. The molecule has 0 unspecified atom stereocenters. The van der Waals surface area contributed by atoms with Gasteiger partial charge < -0.3 is 0 Å². The van der Waals surface area contributed by atoms with Gasteiger partial charge in [-0.1, -0.05) is 42.1 Å². The minimum Gasteiger partial charge on any atom is -0.293 e. The van der Waals surface area contributed by atoms with Crippen LogP contribution >= 0.6 is 11.8 Å². The second kappa shape index (κ2) is 6.82. The Morgan fingerprint density at radius 1 is 0.960 bits per heavy atom. The first kappa shape index (κ1) is 15.5. The van der Waals surface area contributed by atoms with Gasteiger partial charge in [0.15, 0.2) is 11.4 Å². The van der Waals surface area contributed by atoms with Crippen molar-refractivity contribution in [2.75, 3.05) is 5.75 Å². The van der Waals surface area contributed by atoms with Gasteiger partial charge >= 0.3 is 0 Å². The second-order valence-electron chi connectivity index (χ2n) is 5.28. The SMILES string of the molecule is O=C(CSc1nnc2ccc(-c3ccncc3)nn12)c1ccccc1. The third-order valence-electron chi connectivity index (χ3n) is 3.64. The van der Waals surface area contributed by atoms with Crippen LogP contribution in [0.3, 0.4) is 0 Å². The lowest BCUT2D eigenvalue weighted by atomic mass is 10.2. The summed E-state index contributed by atoms with van der Waals surface area (Å²) in [5.74, 6) is 0.332. The van der Waals surface area contributed by atoms with Crippen molar-refractivity contribution >= 4 is 23.2 Å². The van der Waals surface area contributed by atoms with Crippen LogP contribution in [0, 0.1) is 0 Å². The van der Waals surface area contributed by atoms with Gasteiger partial charge in [-0.15, -0.1) is 10.2 Å². The Kier molecular flexibility index (Phi) is 4.22. The van der Waals surface area contributed by atoms with Gasteiger partial charge in [-0.05, 0) is 24.3 Å². The summed E-state index contributed by atoms with van der Waals surface area (Å²) >= 11 is 1.33. The molecule has 122 valence electrons. The molecule has 0 fully saturated rings. The van der Waals surface area contributed by atoms with E-state index in [0.29, 0.717) is 16.4 Å². The summed E-state index contributed by atoms with van der Waals surface area (Å²) in [5.41, 5.74) is 3.09. The van der Waals surface area contributed by atoms with Crippen LogP contribution in [0.15, 0.2) is 72.1 Å². The Balaban J connectivity index is 1.59. The number of carbonyl (C=O) groups is 1. The molecule has 3 heterocycles. The fraction of sp³-hybridized carbons (Fsp3) is 0.0556. The van der Waals surface area contributed by atoms with Crippen molar-refractivity contribution in [3.63, 3.8) is 0 Å². The van der Waals surface area contributed by atoms with Gasteiger partial charge in [-0.3, -0.25) is 9.78 Å². The van der Waals surface area contributed by atoms with E-state index in [1.165, 1.54) is 11.8 Å². The zero-order chi connectivity index (χ0) is 17.1. The maximum atomic E-state index is 12.3. The highest BCUT2D eigenvalue weighted by molar-refractivity contribution is 7.99. The number of thioether (sulfide) groups is 1. The first-order valence-corrected chi connectivity index (χ1v) is 8.64. The molecule has 1 aromatic carbocycles. The van der Waals surface area contributed by atoms with E-state index in [-0.39, 0.29) is 11.5 Å². The zero-order valence-corrected chi connectivity index (χ0v) is 13.9. The molecular weight excluding hydrogens is 334 g/mol. The molecule has 0 aliphatic carbocycles. The maximum Gasteiger partial charge on any atom is 0.212 e. The number of aromatic nitrogens is 5. The van der Waals surface area contributed by atoms with Crippen LogP contribution in [0.25, 0.3) is 16.9 Å². The van der Waals surface area contributed by atoms with E-state index >= 15 is 0 Å². The Hall–Kier alpha value is -3.06. The van der Waals surface area contributed by atoms with Crippen LogP contribution in [-0.2, 0) is 0 Å². The highest BCUT2D eigenvalue weighted by atomic mass is 32.2. The molecule has 7 heteroatoms. The van der Waals surface area contributed by atoms with Crippen LogP contribution < -0.4 is 0 Å². The van der Waals surface area contributed by atoms with Crippen LogP contribution in [0.5, 0.6) is 0 Å². The van der Waals surface area contributed by atoms with Crippen molar-refractivity contribution in [1.29, 1.82) is 0 Å². The zero-order valence-electron chi connectivity index (χ0n) is 13.1. The predicted octanol–water partition coefficient (Wildman–Crippen LogP) is 3.16. The van der Waals surface area contributed by atoms with Crippen LogP contribution in [0.1, 0.15) is 10.4 Å². The Morgan fingerprint density at radius 2 is 1.76 bits per heavy atom. The summed E-state index contributed by atoms with van der Waals surface area (Å²) in [6.45, 7) is 0. The van der Waals surface area contributed by atoms with E-state index in [9.17, 15) is 4.79 Å². The summed E-state index contributed by atoms with van der Waals surface area (Å²) < 4.78 is 1.67. The fourth-order valence-electron chi connectivity index (χ4n) is 2.37. The first-order chi connectivity index (χ1) is 12.3. The van der Waals surface area contributed by atoms with Crippen molar-refractivity contribution in [3.8, 4) is 11.3 Å². The van der Waals surface area contributed by atoms with Crippen molar-refractivity contribution in [1.82, 2.24) is 24.8 Å². The fourth-order valence-corrected chi connectivity index (χ4v) is 3.16. The number of hydrogen-bond acceptors (Lipinski definition) is 6. The van der Waals surface area contributed by atoms with Gasteiger partial charge in [0.05, 0.1) is 11.4 Å². The quantitative estimate of drug-likeness (QED) is 0.408. The number of nitrogens with zero attached hydrogens (tertiary/aromatic N) is 5. The third kappa shape index (κ3) is 3.27. The largest absolute Gasteiger partial charge is 0.293 e. The summed E-state index contributed by atoms with van der Waals surface area (Å²) in [7, 11) is 0. The number of pyridine rings is 1. The van der Waals surface area contributed by atoms with Gasteiger partial charge in [0.2, 0.25) is 5.16 Å². The van der Waals surface area contributed by atoms with E-state index < -0.39 is 0 Å². The Labute approximate surface area is 147 Å². The molecule has 0 radical (unpaired) electrons. The van der Waals surface area contributed by atoms with Gasteiger partial charge in [-0.25, -0.2) is 0 Å². The minimum absolute atomic E-state index is 0.0487. The van der Waals surface area contributed by atoms with E-state index in [1.807, 2.05) is 54.6 Å². The van der Waals surface area contributed by atoms with Crippen molar-refractivity contribution in [2.24, 2.45) is 0 Å². The van der Waals surface area contributed by atoms with E-state index in [2.05, 4.69) is 20.3 Å². The highest BCUT2D eigenvalue weighted by Crippen LogP contribution is 2.21. The molecule has 4 rings (SSSR count). The monoisotopic (exact) mass is 347 g/mol. The molecule has 0 aliphatic rings. The van der Waals surface area contributed by atoms with Crippen molar-refractivity contribution in [3.05, 3.63) is 72.6 Å². The molecule has 25 heavy (non-hydrogen) atoms. The lowest BCUT2D eigenvalue weighted by Crippen LogP contribution is -2.03. The summed E-state index contributed by atoms with van der Waals surface area (Å²) in [4.78, 5) is 16.3. The molecule has 4 aromatic rings. The van der Waals surface area contributed by atoms with Crippen LogP contribution in [0.2, 0.25) is 0 Å². The van der Waals surface area contributed by atoms with E-state index in [4.69, 9.17) is 0 Å². The minimum atomic E-state index is 0.0487. The number of Topliss-reactive ketones (excluding diaryl/α,β-unsaturated/α-hetero) is 1. The molecule has 0 spiro atoms. The molecule has 0 N–H and O–H groups in total. The Bertz CT molecular complexity index is 1020. The standard InChI is InChI=1S/C18H13N5OS/c24-16(14-4-2-1-3-5-14)12-25-18-21-20-17-7-6-15(22-23(17)18)13-8-10-19-11-9-13/h1-11H,12H2. The average Bonchev–Trinajstić information content (AvgIpc) is 3.10. The van der Waals surface area contributed by atoms with Crippen molar-refractivity contribution < 1.29 is 4.79 Å². The lowest BCUT2D eigenvalue weighted by molar-refractivity contribution is 0.102. The van der Waals surface area contributed by atoms with Gasteiger partial charge in [-0.2, -0.15) is 9.61 Å². The lowest BCUT2D eigenvalue weighted by Gasteiger charge is -2.03. The maximum absolute atomic E-state index is 12.3. The molecule has 0 saturated heterocycles. The van der Waals surface area contributed by atoms with Gasteiger partial charge in [0.25, 0.3) is 0 Å². The molecular formula is C18H13N5OS. The molecule has 0 atom stereocenters. The molecule has 0 amide bonds. The van der Waals surface area contributed by atoms with E-state index in [1.54, 1.807) is 16.9 Å².